The van der Waals surface area contributed by atoms with Crippen molar-refractivity contribution in [3.05, 3.63) is 33.8 Å². The van der Waals surface area contributed by atoms with E-state index in [4.69, 9.17) is 5.11 Å². The fourth-order valence-corrected chi connectivity index (χ4v) is 1.81. The predicted octanol–water partition coefficient (Wildman–Crippen LogP) is 2.65. The zero-order valence-corrected chi connectivity index (χ0v) is 11.8. The van der Waals surface area contributed by atoms with Crippen LogP contribution in [-0.4, -0.2) is 23.7 Å². The summed E-state index contributed by atoms with van der Waals surface area (Å²) >= 11 is 3.40. The van der Waals surface area contributed by atoms with Gasteiger partial charge in [0.2, 0.25) is 0 Å². The highest BCUT2D eigenvalue weighted by atomic mass is 79.9. The molecule has 0 fully saturated rings. The molecule has 1 aromatic rings. The Morgan fingerprint density at radius 2 is 2.24 bits per heavy atom. The molecular formula is C13H18BrNO2. The van der Waals surface area contributed by atoms with Crippen molar-refractivity contribution in [2.24, 2.45) is 0 Å². The van der Waals surface area contributed by atoms with Crippen LogP contribution in [0.3, 0.4) is 0 Å². The smallest absolute Gasteiger partial charge is 0.251 e. The molecule has 0 radical (unpaired) electrons. The summed E-state index contributed by atoms with van der Waals surface area (Å²) in [5.41, 5.74) is 1.76. The average Bonchev–Trinajstić information content (AvgIpc) is 2.27. The fourth-order valence-electron chi connectivity index (χ4n) is 1.44. The molecule has 17 heavy (non-hydrogen) atoms. The summed E-state index contributed by atoms with van der Waals surface area (Å²) in [7, 11) is 0. The van der Waals surface area contributed by atoms with Gasteiger partial charge in [0, 0.05) is 16.6 Å². The average molecular weight is 300 g/mol. The second kappa shape index (κ2) is 6.77. The number of aryl methyl sites for hydroxylation is 1. The van der Waals surface area contributed by atoms with Crippen LogP contribution in [0, 0.1) is 6.92 Å². The topological polar surface area (TPSA) is 49.3 Å². The third-order valence-corrected chi connectivity index (χ3v) is 3.37. The first-order chi connectivity index (χ1) is 8.00. The molecule has 3 nitrogen and oxygen atoms in total. The highest BCUT2D eigenvalue weighted by molar-refractivity contribution is 9.10. The molecule has 2 N–H and O–H groups in total. The van der Waals surface area contributed by atoms with Gasteiger partial charge in [-0.3, -0.25) is 4.79 Å². The third kappa shape index (κ3) is 4.88. The van der Waals surface area contributed by atoms with E-state index in [1.54, 1.807) is 6.92 Å². The van der Waals surface area contributed by atoms with Crippen molar-refractivity contribution in [2.45, 2.75) is 32.8 Å². The van der Waals surface area contributed by atoms with E-state index in [2.05, 4.69) is 21.2 Å². The molecule has 0 saturated heterocycles. The van der Waals surface area contributed by atoms with Gasteiger partial charge in [-0.1, -0.05) is 22.0 Å². The van der Waals surface area contributed by atoms with Gasteiger partial charge in [0.05, 0.1) is 6.10 Å². The third-order valence-electron chi connectivity index (χ3n) is 2.52. The Morgan fingerprint density at radius 3 is 2.82 bits per heavy atom. The van der Waals surface area contributed by atoms with Crippen LogP contribution in [0.25, 0.3) is 0 Å². The summed E-state index contributed by atoms with van der Waals surface area (Å²) in [6, 6.07) is 5.54. The number of hydrogen-bond donors (Lipinski definition) is 2. The van der Waals surface area contributed by atoms with Crippen molar-refractivity contribution in [3.8, 4) is 0 Å². The molecule has 0 aliphatic carbocycles. The van der Waals surface area contributed by atoms with Crippen molar-refractivity contribution in [1.82, 2.24) is 5.32 Å². The molecule has 0 saturated carbocycles. The monoisotopic (exact) mass is 299 g/mol. The van der Waals surface area contributed by atoms with Gasteiger partial charge in [-0.05, 0) is 44.4 Å². The second-order valence-corrected chi connectivity index (χ2v) is 5.07. The van der Waals surface area contributed by atoms with Crippen LogP contribution < -0.4 is 5.32 Å². The van der Waals surface area contributed by atoms with Crippen molar-refractivity contribution >= 4 is 21.8 Å². The van der Waals surface area contributed by atoms with Crippen LogP contribution in [-0.2, 0) is 0 Å². The number of aliphatic hydroxyl groups is 1. The van der Waals surface area contributed by atoms with E-state index in [0.717, 1.165) is 16.5 Å². The summed E-state index contributed by atoms with van der Waals surface area (Å²) < 4.78 is 0.939. The number of hydrogen-bond acceptors (Lipinski definition) is 2. The van der Waals surface area contributed by atoms with Crippen molar-refractivity contribution < 1.29 is 9.90 Å². The quantitative estimate of drug-likeness (QED) is 0.821. The van der Waals surface area contributed by atoms with E-state index in [9.17, 15) is 4.79 Å². The molecule has 0 aliphatic rings. The van der Waals surface area contributed by atoms with Gasteiger partial charge in [0.25, 0.3) is 5.91 Å². The van der Waals surface area contributed by atoms with Crippen LogP contribution in [0.4, 0.5) is 0 Å². The molecule has 1 atom stereocenters. The van der Waals surface area contributed by atoms with Crippen LogP contribution in [0.15, 0.2) is 22.7 Å². The van der Waals surface area contributed by atoms with Crippen LogP contribution in [0.1, 0.15) is 35.7 Å². The summed E-state index contributed by atoms with van der Waals surface area (Å²) in [5, 5.41) is 11.9. The number of benzene rings is 1. The zero-order chi connectivity index (χ0) is 12.8. The SMILES string of the molecule is Cc1ccc(C(=O)NCCCC(C)O)cc1Br. The highest BCUT2D eigenvalue weighted by Crippen LogP contribution is 2.17. The zero-order valence-electron chi connectivity index (χ0n) is 10.2. The van der Waals surface area contributed by atoms with Gasteiger partial charge < -0.3 is 10.4 Å². The van der Waals surface area contributed by atoms with Gasteiger partial charge >= 0.3 is 0 Å². The van der Waals surface area contributed by atoms with E-state index in [1.807, 2.05) is 25.1 Å². The number of nitrogens with one attached hydrogen (secondary N) is 1. The van der Waals surface area contributed by atoms with E-state index in [-0.39, 0.29) is 12.0 Å². The molecule has 1 amide bonds. The lowest BCUT2D eigenvalue weighted by Crippen LogP contribution is -2.25. The molecule has 0 spiro atoms. The fraction of sp³-hybridized carbons (Fsp3) is 0.462. The molecule has 1 unspecified atom stereocenters. The Kier molecular flexibility index (Phi) is 5.65. The van der Waals surface area contributed by atoms with Gasteiger partial charge in [-0.25, -0.2) is 0 Å². The Labute approximate surface area is 110 Å². The predicted molar refractivity (Wildman–Crippen MR) is 72.1 cm³/mol. The van der Waals surface area contributed by atoms with E-state index >= 15 is 0 Å². The number of carbonyl (C=O) groups excluding carboxylic acids is 1. The number of aliphatic hydroxyl groups excluding tert-OH is 1. The van der Waals surface area contributed by atoms with Gasteiger partial charge in [-0.2, -0.15) is 0 Å². The number of halogens is 1. The van der Waals surface area contributed by atoms with E-state index in [0.29, 0.717) is 18.5 Å². The molecule has 1 rings (SSSR count). The maximum atomic E-state index is 11.8. The standard InChI is InChI=1S/C13H18BrNO2/c1-9-5-6-11(8-12(9)14)13(17)15-7-3-4-10(2)16/h5-6,8,10,16H,3-4,7H2,1-2H3,(H,15,17). The minimum Gasteiger partial charge on any atom is -0.393 e. The van der Waals surface area contributed by atoms with Crippen LogP contribution in [0.2, 0.25) is 0 Å². The largest absolute Gasteiger partial charge is 0.393 e. The van der Waals surface area contributed by atoms with Crippen LogP contribution in [0.5, 0.6) is 0 Å². The molecule has 1 aromatic carbocycles. The Hall–Kier alpha value is -0.870. The van der Waals surface area contributed by atoms with Gasteiger partial charge in [0.15, 0.2) is 0 Å². The number of carbonyl (C=O) groups is 1. The number of amides is 1. The first-order valence-corrected chi connectivity index (χ1v) is 6.52. The molecule has 4 heteroatoms. The molecule has 0 heterocycles. The summed E-state index contributed by atoms with van der Waals surface area (Å²) in [6.07, 6.45) is 1.19. The number of rotatable bonds is 5. The first-order valence-electron chi connectivity index (χ1n) is 5.73. The van der Waals surface area contributed by atoms with E-state index < -0.39 is 0 Å². The Balaban J connectivity index is 2.44. The minimum absolute atomic E-state index is 0.0729. The van der Waals surface area contributed by atoms with Crippen molar-refractivity contribution in [1.29, 1.82) is 0 Å². The second-order valence-electron chi connectivity index (χ2n) is 4.21. The molecule has 0 aliphatic heterocycles. The highest BCUT2D eigenvalue weighted by Gasteiger charge is 2.06. The normalized spacial score (nSPS) is 12.2. The van der Waals surface area contributed by atoms with E-state index in [1.165, 1.54) is 0 Å². The first kappa shape index (κ1) is 14.2. The van der Waals surface area contributed by atoms with Gasteiger partial charge in [0.1, 0.15) is 0 Å². The van der Waals surface area contributed by atoms with Crippen molar-refractivity contribution in [2.75, 3.05) is 6.54 Å². The lowest BCUT2D eigenvalue weighted by atomic mass is 10.1. The molecular weight excluding hydrogens is 282 g/mol. The maximum Gasteiger partial charge on any atom is 0.251 e. The molecule has 94 valence electrons. The molecule has 0 bridgehead atoms. The summed E-state index contributed by atoms with van der Waals surface area (Å²) in [5.74, 6) is -0.0729. The summed E-state index contributed by atoms with van der Waals surface area (Å²) in [6.45, 7) is 4.32. The minimum atomic E-state index is -0.305. The Bertz CT molecular complexity index is 391. The lowest BCUT2D eigenvalue weighted by molar-refractivity contribution is 0.0949. The molecule has 0 aromatic heterocycles. The van der Waals surface area contributed by atoms with Crippen LogP contribution >= 0.6 is 15.9 Å². The Morgan fingerprint density at radius 1 is 1.53 bits per heavy atom. The lowest BCUT2D eigenvalue weighted by Gasteiger charge is -2.07. The maximum absolute atomic E-state index is 11.8. The van der Waals surface area contributed by atoms with Crippen molar-refractivity contribution in [3.63, 3.8) is 0 Å². The summed E-state index contributed by atoms with van der Waals surface area (Å²) in [4.78, 5) is 11.8. The van der Waals surface area contributed by atoms with Gasteiger partial charge in [-0.15, -0.1) is 0 Å².